The first-order valence-corrected chi connectivity index (χ1v) is 8.50. The second-order valence-electron chi connectivity index (χ2n) is 5.11. The molecule has 1 aliphatic rings. The fourth-order valence-corrected chi connectivity index (χ4v) is 3.79. The maximum atomic E-state index is 12.3. The molecule has 0 saturated heterocycles. The number of aromatic nitrogens is 1. The van der Waals surface area contributed by atoms with E-state index >= 15 is 0 Å². The van der Waals surface area contributed by atoms with Crippen molar-refractivity contribution in [1.29, 1.82) is 0 Å². The number of carbonyl (C=O) groups excluding carboxylic acids is 1. The van der Waals surface area contributed by atoms with E-state index in [1.165, 1.54) is 10.4 Å². The molecule has 2 aromatic rings. The molecule has 3 heterocycles. The van der Waals surface area contributed by atoms with Crippen LogP contribution in [0.3, 0.4) is 0 Å². The van der Waals surface area contributed by atoms with Gasteiger partial charge < -0.3 is 10.2 Å². The van der Waals surface area contributed by atoms with Gasteiger partial charge in [-0.2, -0.15) is 0 Å². The zero-order chi connectivity index (χ0) is 14.8. The second-order valence-corrected chi connectivity index (χ2v) is 7.02. The minimum atomic E-state index is 0.121. The third-order valence-electron chi connectivity index (χ3n) is 3.61. The van der Waals surface area contributed by atoms with E-state index in [1.807, 2.05) is 17.9 Å². The van der Waals surface area contributed by atoms with Crippen LogP contribution >= 0.6 is 27.3 Å². The third-order valence-corrected chi connectivity index (χ3v) is 5.07. The number of halogens is 1. The molecule has 0 aliphatic carbocycles. The third kappa shape index (κ3) is 3.27. The Bertz CT molecular complexity index is 671. The molecule has 0 unspecified atom stereocenters. The monoisotopic (exact) mass is 365 g/mol. The lowest BCUT2D eigenvalue weighted by molar-refractivity contribution is -0.130. The number of nitrogens with zero attached hydrogens (tertiary/aromatic N) is 2. The van der Waals surface area contributed by atoms with Gasteiger partial charge in [-0.1, -0.05) is 0 Å². The van der Waals surface area contributed by atoms with Crippen molar-refractivity contribution < 1.29 is 4.79 Å². The molecule has 0 spiro atoms. The Hall–Kier alpha value is -1.40. The van der Waals surface area contributed by atoms with Gasteiger partial charge in [-0.25, -0.2) is 4.98 Å². The Kier molecular flexibility index (Phi) is 4.26. The Labute approximate surface area is 136 Å². The molecule has 0 atom stereocenters. The van der Waals surface area contributed by atoms with Gasteiger partial charge in [0.1, 0.15) is 5.82 Å². The summed E-state index contributed by atoms with van der Waals surface area (Å²) in [5.74, 6) is 0.885. The number of aryl methyl sites for hydroxylation is 1. The van der Waals surface area contributed by atoms with E-state index in [4.69, 9.17) is 0 Å². The van der Waals surface area contributed by atoms with Gasteiger partial charge in [-0.3, -0.25) is 4.79 Å². The molecule has 4 nitrogen and oxygen atoms in total. The van der Waals surface area contributed by atoms with Gasteiger partial charge in [0.15, 0.2) is 0 Å². The van der Waals surface area contributed by atoms with Gasteiger partial charge in [0.2, 0.25) is 5.91 Å². The van der Waals surface area contributed by atoms with Gasteiger partial charge in [-0.15, -0.1) is 11.3 Å². The van der Waals surface area contributed by atoms with Crippen molar-refractivity contribution in [3.8, 4) is 0 Å². The summed E-state index contributed by atoms with van der Waals surface area (Å²) in [4.78, 5) is 19.9. The molecular formula is C15H16BrN3OS. The van der Waals surface area contributed by atoms with E-state index in [0.29, 0.717) is 0 Å². The molecule has 0 radical (unpaired) electrons. The predicted molar refractivity (Wildman–Crippen MR) is 88.6 cm³/mol. The second kappa shape index (κ2) is 6.15. The average Bonchev–Trinajstić information content (AvgIpc) is 2.93. The van der Waals surface area contributed by atoms with Crippen LogP contribution in [0, 0.1) is 6.92 Å². The number of carbonyl (C=O) groups is 1. The molecule has 110 valence electrons. The standard InChI is InChI=1S/C15H16BrN3OS/c1-10-6-12(16)7-17-15(10)18-8-14(20)19-4-2-13-11(9-19)3-5-21-13/h3,5-7H,2,4,8-9H2,1H3,(H,17,18). The van der Waals surface area contributed by atoms with Gasteiger partial charge in [0.05, 0.1) is 6.54 Å². The minimum absolute atomic E-state index is 0.121. The Morgan fingerprint density at radius 2 is 2.43 bits per heavy atom. The lowest BCUT2D eigenvalue weighted by Gasteiger charge is -2.27. The first kappa shape index (κ1) is 14.5. The summed E-state index contributed by atoms with van der Waals surface area (Å²) in [5.41, 5.74) is 2.31. The number of amides is 1. The number of anilines is 1. The highest BCUT2D eigenvalue weighted by atomic mass is 79.9. The van der Waals surface area contributed by atoms with Gasteiger partial charge in [-0.05, 0) is 57.9 Å². The van der Waals surface area contributed by atoms with Crippen molar-refractivity contribution in [2.24, 2.45) is 0 Å². The molecule has 0 aromatic carbocycles. The molecule has 1 N–H and O–H groups in total. The fourth-order valence-electron chi connectivity index (χ4n) is 2.46. The van der Waals surface area contributed by atoms with Gasteiger partial charge in [0.25, 0.3) is 0 Å². The fraction of sp³-hybridized carbons (Fsp3) is 0.333. The number of fused-ring (bicyclic) bond motifs is 1. The van der Waals surface area contributed by atoms with E-state index in [-0.39, 0.29) is 12.5 Å². The number of nitrogens with one attached hydrogen (secondary N) is 1. The molecule has 1 amide bonds. The number of thiophene rings is 1. The van der Waals surface area contributed by atoms with Crippen molar-refractivity contribution in [3.05, 3.63) is 44.2 Å². The molecule has 21 heavy (non-hydrogen) atoms. The minimum Gasteiger partial charge on any atom is -0.361 e. The SMILES string of the molecule is Cc1cc(Br)cnc1NCC(=O)N1CCc2sccc2C1. The lowest BCUT2D eigenvalue weighted by atomic mass is 10.1. The molecular weight excluding hydrogens is 350 g/mol. The number of hydrogen-bond acceptors (Lipinski definition) is 4. The number of hydrogen-bond donors (Lipinski definition) is 1. The molecule has 2 aromatic heterocycles. The first-order valence-electron chi connectivity index (χ1n) is 6.82. The van der Waals surface area contributed by atoms with Gasteiger partial charge in [0, 0.05) is 28.6 Å². The average molecular weight is 366 g/mol. The summed E-state index contributed by atoms with van der Waals surface area (Å²) in [6.45, 7) is 3.80. The zero-order valence-electron chi connectivity index (χ0n) is 11.7. The Morgan fingerprint density at radius 3 is 3.24 bits per heavy atom. The van der Waals surface area contributed by atoms with Crippen LogP contribution in [0.5, 0.6) is 0 Å². The lowest BCUT2D eigenvalue weighted by Crippen LogP contribution is -2.38. The highest BCUT2D eigenvalue weighted by Gasteiger charge is 2.21. The summed E-state index contributed by atoms with van der Waals surface area (Å²) in [7, 11) is 0. The normalized spacial score (nSPS) is 13.9. The molecule has 3 rings (SSSR count). The van der Waals surface area contributed by atoms with Crippen molar-refractivity contribution in [2.45, 2.75) is 19.9 Å². The first-order chi connectivity index (χ1) is 10.1. The topological polar surface area (TPSA) is 45.2 Å². The van der Waals surface area contributed by atoms with Crippen LogP contribution in [0.15, 0.2) is 28.2 Å². The Balaban J connectivity index is 1.60. The van der Waals surface area contributed by atoms with Crippen LogP contribution in [0.4, 0.5) is 5.82 Å². The molecule has 0 bridgehead atoms. The van der Waals surface area contributed by atoms with Crippen LogP contribution in [0.25, 0.3) is 0 Å². The summed E-state index contributed by atoms with van der Waals surface area (Å²) < 4.78 is 0.942. The zero-order valence-corrected chi connectivity index (χ0v) is 14.1. The largest absolute Gasteiger partial charge is 0.361 e. The van der Waals surface area contributed by atoms with E-state index in [1.54, 1.807) is 17.5 Å². The van der Waals surface area contributed by atoms with Crippen LogP contribution < -0.4 is 5.32 Å². The Morgan fingerprint density at radius 1 is 1.57 bits per heavy atom. The van der Waals surface area contributed by atoms with Crippen molar-refractivity contribution in [2.75, 3.05) is 18.4 Å². The quantitative estimate of drug-likeness (QED) is 0.907. The maximum Gasteiger partial charge on any atom is 0.242 e. The van der Waals surface area contributed by atoms with E-state index in [0.717, 1.165) is 35.4 Å². The molecule has 6 heteroatoms. The predicted octanol–water partition coefficient (Wildman–Crippen LogP) is 3.21. The summed E-state index contributed by atoms with van der Waals surface area (Å²) in [5, 5.41) is 5.24. The van der Waals surface area contributed by atoms with Crippen LogP contribution in [-0.4, -0.2) is 28.9 Å². The van der Waals surface area contributed by atoms with Crippen molar-refractivity contribution in [1.82, 2.24) is 9.88 Å². The highest BCUT2D eigenvalue weighted by Crippen LogP contribution is 2.24. The summed E-state index contributed by atoms with van der Waals surface area (Å²) in [6.07, 6.45) is 2.70. The van der Waals surface area contributed by atoms with Crippen LogP contribution in [-0.2, 0) is 17.8 Å². The highest BCUT2D eigenvalue weighted by molar-refractivity contribution is 9.10. The van der Waals surface area contributed by atoms with Crippen molar-refractivity contribution >= 4 is 39.0 Å². The molecule has 0 saturated carbocycles. The summed E-state index contributed by atoms with van der Waals surface area (Å²) in [6, 6.07) is 4.10. The maximum absolute atomic E-state index is 12.3. The van der Waals surface area contributed by atoms with Crippen molar-refractivity contribution in [3.63, 3.8) is 0 Å². The number of pyridine rings is 1. The molecule has 1 aliphatic heterocycles. The molecule has 0 fully saturated rings. The number of rotatable bonds is 3. The van der Waals surface area contributed by atoms with E-state index in [2.05, 4.69) is 37.7 Å². The van der Waals surface area contributed by atoms with Crippen LogP contribution in [0.1, 0.15) is 16.0 Å². The van der Waals surface area contributed by atoms with Crippen LogP contribution in [0.2, 0.25) is 0 Å². The van der Waals surface area contributed by atoms with Gasteiger partial charge >= 0.3 is 0 Å². The van der Waals surface area contributed by atoms with E-state index in [9.17, 15) is 4.79 Å². The van der Waals surface area contributed by atoms with E-state index < -0.39 is 0 Å². The summed E-state index contributed by atoms with van der Waals surface area (Å²) >= 11 is 5.17. The smallest absolute Gasteiger partial charge is 0.242 e.